The maximum absolute atomic E-state index is 12.7. The van der Waals surface area contributed by atoms with Crippen LogP contribution in [-0.4, -0.2) is 31.4 Å². The highest BCUT2D eigenvalue weighted by Crippen LogP contribution is 2.30. The summed E-state index contributed by atoms with van der Waals surface area (Å²) in [6.07, 6.45) is 0. The van der Waals surface area contributed by atoms with Crippen LogP contribution in [0.5, 0.6) is 0 Å². The Labute approximate surface area is 185 Å². The lowest BCUT2D eigenvalue weighted by atomic mass is 10.1. The third kappa shape index (κ3) is 3.69. The second-order valence-electron chi connectivity index (χ2n) is 7.61. The quantitative estimate of drug-likeness (QED) is 0.596. The fourth-order valence-corrected chi connectivity index (χ4v) is 4.48. The standard InChI is InChI=1S/C24H20N2O5S/c1-15(2)32(30,31)19-12-10-16(11-13-19)22(27)25-17-6-5-7-18(14-17)26-23(28)20-8-3-4-9-21(20)24(26)29/h3-15H,1-2H3,(H,25,27). The Morgan fingerprint density at radius 2 is 1.44 bits per heavy atom. The van der Waals surface area contributed by atoms with Gasteiger partial charge in [-0.05, 0) is 68.4 Å². The predicted molar refractivity (Wildman–Crippen MR) is 121 cm³/mol. The molecule has 1 aliphatic heterocycles. The van der Waals surface area contributed by atoms with Crippen LogP contribution in [0.4, 0.5) is 11.4 Å². The first-order valence-corrected chi connectivity index (χ1v) is 11.5. The van der Waals surface area contributed by atoms with Crippen molar-refractivity contribution in [3.63, 3.8) is 0 Å². The lowest BCUT2D eigenvalue weighted by molar-refractivity contribution is 0.0925. The van der Waals surface area contributed by atoms with E-state index in [1.54, 1.807) is 56.3 Å². The van der Waals surface area contributed by atoms with Gasteiger partial charge in [0.05, 0.1) is 27.0 Å². The van der Waals surface area contributed by atoms with E-state index in [-0.39, 0.29) is 10.5 Å². The van der Waals surface area contributed by atoms with E-state index in [9.17, 15) is 22.8 Å². The average Bonchev–Trinajstić information content (AvgIpc) is 3.04. The fraction of sp³-hybridized carbons (Fsp3) is 0.125. The molecule has 7 nitrogen and oxygen atoms in total. The summed E-state index contributed by atoms with van der Waals surface area (Å²) in [7, 11) is -3.43. The molecule has 0 atom stereocenters. The van der Waals surface area contributed by atoms with Gasteiger partial charge in [0.25, 0.3) is 17.7 Å². The fourth-order valence-electron chi connectivity index (χ4n) is 3.42. The largest absolute Gasteiger partial charge is 0.322 e. The van der Waals surface area contributed by atoms with Gasteiger partial charge in [-0.25, -0.2) is 13.3 Å². The highest BCUT2D eigenvalue weighted by molar-refractivity contribution is 7.92. The molecule has 0 spiro atoms. The molecule has 1 N–H and O–H groups in total. The Balaban J connectivity index is 1.55. The lowest BCUT2D eigenvalue weighted by Gasteiger charge is -2.15. The van der Waals surface area contributed by atoms with Crippen molar-refractivity contribution in [3.8, 4) is 0 Å². The molecule has 1 aliphatic rings. The lowest BCUT2D eigenvalue weighted by Crippen LogP contribution is -2.29. The van der Waals surface area contributed by atoms with E-state index in [2.05, 4.69) is 5.32 Å². The molecule has 0 radical (unpaired) electrons. The third-order valence-electron chi connectivity index (χ3n) is 5.22. The highest BCUT2D eigenvalue weighted by atomic mass is 32.2. The van der Waals surface area contributed by atoms with Crippen LogP contribution >= 0.6 is 0 Å². The number of carbonyl (C=O) groups excluding carboxylic acids is 3. The van der Waals surface area contributed by atoms with Crippen molar-refractivity contribution in [1.29, 1.82) is 0 Å². The number of hydrogen-bond acceptors (Lipinski definition) is 5. The number of amides is 3. The van der Waals surface area contributed by atoms with Gasteiger partial charge in [0.1, 0.15) is 0 Å². The molecule has 0 aromatic heterocycles. The molecule has 0 aliphatic carbocycles. The van der Waals surface area contributed by atoms with Gasteiger partial charge in [0.2, 0.25) is 0 Å². The number of anilines is 2. The molecule has 3 aromatic rings. The normalized spacial score (nSPS) is 13.4. The molecule has 4 rings (SSSR count). The van der Waals surface area contributed by atoms with Gasteiger partial charge in [0.15, 0.2) is 9.84 Å². The number of carbonyl (C=O) groups is 3. The molecule has 0 saturated carbocycles. The van der Waals surface area contributed by atoms with Crippen molar-refractivity contribution >= 4 is 38.9 Å². The number of hydrogen-bond donors (Lipinski definition) is 1. The number of benzene rings is 3. The van der Waals surface area contributed by atoms with Crippen LogP contribution in [-0.2, 0) is 9.84 Å². The first kappa shape index (κ1) is 21.5. The molecule has 0 bridgehead atoms. The van der Waals surface area contributed by atoms with Crippen molar-refractivity contribution in [1.82, 2.24) is 0 Å². The molecular formula is C24H20N2O5S. The van der Waals surface area contributed by atoms with Crippen molar-refractivity contribution in [2.45, 2.75) is 24.0 Å². The van der Waals surface area contributed by atoms with E-state index >= 15 is 0 Å². The van der Waals surface area contributed by atoms with Crippen LogP contribution in [0, 0.1) is 0 Å². The van der Waals surface area contributed by atoms with Crippen LogP contribution in [0.1, 0.15) is 44.9 Å². The van der Waals surface area contributed by atoms with Crippen LogP contribution in [0.25, 0.3) is 0 Å². The second kappa shape index (κ2) is 8.05. The summed E-state index contributed by atoms with van der Waals surface area (Å²) in [6.45, 7) is 3.19. The Kier molecular flexibility index (Phi) is 5.40. The Morgan fingerprint density at radius 1 is 0.844 bits per heavy atom. The van der Waals surface area contributed by atoms with E-state index in [1.807, 2.05) is 0 Å². The van der Waals surface area contributed by atoms with Gasteiger partial charge in [0, 0.05) is 11.3 Å². The van der Waals surface area contributed by atoms with Gasteiger partial charge in [-0.1, -0.05) is 18.2 Å². The topological polar surface area (TPSA) is 101 Å². The Morgan fingerprint density at radius 3 is 2.00 bits per heavy atom. The summed E-state index contributed by atoms with van der Waals surface area (Å²) in [5, 5.41) is 2.15. The van der Waals surface area contributed by atoms with Gasteiger partial charge >= 0.3 is 0 Å². The monoisotopic (exact) mass is 448 g/mol. The first-order chi connectivity index (χ1) is 15.2. The van der Waals surface area contributed by atoms with E-state index in [4.69, 9.17) is 0 Å². The van der Waals surface area contributed by atoms with Crippen LogP contribution in [0.2, 0.25) is 0 Å². The Hall–Kier alpha value is -3.78. The number of sulfone groups is 1. The van der Waals surface area contributed by atoms with Gasteiger partial charge in [-0.3, -0.25) is 14.4 Å². The molecule has 32 heavy (non-hydrogen) atoms. The second-order valence-corrected chi connectivity index (χ2v) is 10.1. The average molecular weight is 449 g/mol. The summed E-state index contributed by atoms with van der Waals surface area (Å²) in [5.74, 6) is -1.29. The zero-order valence-electron chi connectivity index (χ0n) is 17.4. The number of rotatable bonds is 5. The minimum absolute atomic E-state index is 0.150. The predicted octanol–water partition coefficient (Wildman–Crippen LogP) is 3.92. The molecule has 0 unspecified atom stereocenters. The zero-order valence-corrected chi connectivity index (χ0v) is 18.2. The first-order valence-electron chi connectivity index (χ1n) is 9.93. The smallest absolute Gasteiger partial charge is 0.266 e. The van der Waals surface area contributed by atoms with E-state index in [0.717, 1.165) is 4.90 Å². The van der Waals surface area contributed by atoms with Gasteiger partial charge in [-0.15, -0.1) is 0 Å². The molecule has 8 heteroatoms. The molecular weight excluding hydrogens is 428 g/mol. The van der Waals surface area contributed by atoms with E-state index < -0.39 is 32.8 Å². The summed E-state index contributed by atoms with van der Waals surface area (Å²) in [4.78, 5) is 39.2. The summed E-state index contributed by atoms with van der Waals surface area (Å²) >= 11 is 0. The molecule has 3 amide bonds. The number of fused-ring (bicyclic) bond motifs is 1. The summed E-state index contributed by atoms with van der Waals surface area (Å²) < 4.78 is 24.5. The minimum atomic E-state index is -3.43. The van der Waals surface area contributed by atoms with Crippen LogP contribution in [0.3, 0.4) is 0 Å². The number of imide groups is 1. The highest BCUT2D eigenvalue weighted by Gasteiger charge is 2.36. The number of nitrogens with one attached hydrogen (secondary N) is 1. The third-order valence-corrected chi connectivity index (χ3v) is 7.39. The zero-order chi connectivity index (χ0) is 23.0. The van der Waals surface area contributed by atoms with Crippen molar-refractivity contribution < 1.29 is 22.8 Å². The summed E-state index contributed by atoms with van der Waals surface area (Å²) in [5.41, 5.74) is 1.68. The molecule has 162 valence electrons. The van der Waals surface area contributed by atoms with E-state index in [0.29, 0.717) is 22.5 Å². The van der Waals surface area contributed by atoms with Gasteiger partial charge < -0.3 is 5.32 Å². The number of nitrogens with zero attached hydrogens (tertiary/aromatic N) is 1. The molecule has 0 saturated heterocycles. The van der Waals surface area contributed by atoms with Crippen molar-refractivity contribution in [3.05, 3.63) is 89.5 Å². The van der Waals surface area contributed by atoms with Crippen molar-refractivity contribution in [2.75, 3.05) is 10.2 Å². The maximum atomic E-state index is 12.7. The van der Waals surface area contributed by atoms with Crippen molar-refractivity contribution in [2.24, 2.45) is 0 Å². The maximum Gasteiger partial charge on any atom is 0.266 e. The SMILES string of the molecule is CC(C)S(=O)(=O)c1ccc(C(=O)Nc2cccc(N3C(=O)c4ccccc4C3=O)c2)cc1. The van der Waals surface area contributed by atoms with Gasteiger partial charge in [-0.2, -0.15) is 0 Å². The Bertz CT molecular complexity index is 1310. The molecule has 1 heterocycles. The molecule has 0 fully saturated rings. The van der Waals surface area contributed by atoms with Crippen LogP contribution < -0.4 is 10.2 Å². The summed E-state index contributed by atoms with van der Waals surface area (Å²) in [6, 6.07) is 18.7. The van der Waals surface area contributed by atoms with Crippen LogP contribution in [0.15, 0.2) is 77.7 Å². The molecule has 3 aromatic carbocycles. The minimum Gasteiger partial charge on any atom is -0.322 e. The van der Waals surface area contributed by atoms with E-state index in [1.165, 1.54) is 30.3 Å².